The third kappa shape index (κ3) is 1.51. The van der Waals surface area contributed by atoms with Crippen LogP contribution in [0.25, 0.3) is 0 Å². The van der Waals surface area contributed by atoms with E-state index in [1.54, 1.807) is 0 Å². The molecule has 0 amide bonds. The van der Waals surface area contributed by atoms with Crippen LogP contribution in [0.3, 0.4) is 0 Å². The Morgan fingerprint density at radius 3 is 2.08 bits per heavy atom. The highest BCUT2D eigenvalue weighted by atomic mass is 15.2. The third-order valence-corrected chi connectivity index (χ3v) is 3.39. The predicted octanol–water partition coefficient (Wildman–Crippen LogP) is 0.739. The monoisotopic (exact) mass is 179 g/mol. The van der Waals surface area contributed by atoms with Crippen molar-refractivity contribution in [3.8, 4) is 6.19 Å². The van der Waals surface area contributed by atoms with Gasteiger partial charge in [0.1, 0.15) is 0 Å². The Morgan fingerprint density at radius 1 is 1.15 bits per heavy atom. The van der Waals surface area contributed by atoms with Gasteiger partial charge in [0, 0.05) is 32.2 Å². The Labute approximate surface area is 79.9 Å². The van der Waals surface area contributed by atoms with Gasteiger partial charge in [0.05, 0.1) is 0 Å². The molecule has 2 heterocycles. The summed E-state index contributed by atoms with van der Waals surface area (Å²) in [6.45, 7) is 8.88. The first-order valence-corrected chi connectivity index (χ1v) is 5.09. The van der Waals surface area contributed by atoms with Gasteiger partial charge in [0.2, 0.25) is 0 Å². The molecular weight excluding hydrogens is 162 g/mol. The summed E-state index contributed by atoms with van der Waals surface area (Å²) in [7, 11) is 0. The molecule has 0 saturated carbocycles. The molecule has 0 aromatic heterocycles. The molecule has 0 unspecified atom stereocenters. The minimum Gasteiger partial charge on any atom is -0.310 e. The fraction of sp³-hybridized carbons (Fsp3) is 0.900. The van der Waals surface area contributed by atoms with Gasteiger partial charge in [-0.2, -0.15) is 5.26 Å². The molecule has 2 fully saturated rings. The van der Waals surface area contributed by atoms with Crippen molar-refractivity contribution in [2.45, 2.75) is 19.9 Å². The van der Waals surface area contributed by atoms with Crippen molar-refractivity contribution in [2.75, 3.05) is 26.2 Å². The molecule has 2 saturated heterocycles. The van der Waals surface area contributed by atoms with Gasteiger partial charge in [-0.15, -0.1) is 0 Å². The minimum atomic E-state index is 0.668. The lowest BCUT2D eigenvalue weighted by Gasteiger charge is -2.22. The summed E-state index contributed by atoms with van der Waals surface area (Å²) in [5.74, 6) is 1.50. The number of hydrogen-bond acceptors (Lipinski definition) is 3. The van der Waals surface area contributed by atoms with E-state index < -0.39 is 0 Å². The predicted molar refractivity (Wildman–Crippen MR) is 50.9 cm³/mol. The molecule has 0 N–H and O–H groups in total. The Hall–Kier alpha value is -0.750. The molecule has 0 spiro atoms. The van der Waals surface area contributed by atoms with E-state index in [0.29, 0.717) is 6.04 Å². The summed E-state index contributed by atoms with van der Waals surface area (Å²) in [6, 6.07) is 0.668. The smallest absolute Gasteiger partial charge is 0.179 e. The molecule has 2 aliphatic heterocycles. The quantitative estimate of drug-likeness (QED) is 0.556. The Balaban J connectivity index is 1.94. The zero-order valence-electron chi connectivity index (χ0n) is 8.40. The zero-order chi connectivity index (χ0) is 9.42. The van der Waals surface area contributed by atoms with E-state index in [4.69, 9.17) is 5.26 Å². The molecule has 0 aliphatic carbocycles. The molecule has 13 heavy (non-hydrogen) atoms. The Morgan fingerprint density at radius 2 is 1.69 bits per heavy atom. The average Bonchev–Trinajstić information content (AvgIpc) is 2.58. The lowest BCUT2D eigenvalue weighted by atomic mass is 10.0. The van der Waals surface area contributed by atoms with E-state index in [9.17, 15) is 0 Å². The number of likely N-dealkylation sites (tertiary alicyclic amines) is 2. The number of hydrogen-bond donors (Lipinski definition) is 0. The first-order chi connectivity index (χ1) is 6.20. The van der Waals surface area contributed by atoms with Crippen molar-refractivity contribution in [3.63, 3.8) is 0 Å². The van der Waals surface area contributed by atoms with E-state index in [1.807, 2.05) is 4.90 Å². The molecule has 0 bridgehead atoms. The van der Waals surface area contributed by atoms with Crippen LogP contribution in [0, 0.1) is 23.3 Å². The van der Waals surface area contributed by atoms with Crippen LogP contribution < -0.4 is 0 Å². The first-order valence-electron chi connectivity index (χ1n) is 5.09. The average molecular weight is 179 g/mol. The second kappa shape index (κ2) is 3.19. The topological polar surface area (TPSA) is 30.3 Å². The summed E-state index contributed by atoms with van der Waals surface area (Å²) in [5.41, 5.74) is 0. The summed E-state index contributed by atoms with van der Waals surface area (Å²) in [6.07, 6.45) is 2.25. The highest BCUT2D eigenvalue weighted by Gasteiger charge is 2.40. The number of fused-ring (bicyclic) bond motifs is 1. The Kier molecular flexibility index (Phi) is 2.17. The summed E-state index contributed by atoms with van der Waals surface area (Å²) >= 11 is 0. The molecule has 3 heteroatoms. The van der Waals surface area contributed by atoms with Gasteiger partial charge < -0.3 is 9.80 Å². The number of rotatable bonds is 1. The maximum absolute atomic E-state index is 8.76. The van der Waals surface area contributed by atoms with Gasteiger partial charge in [-0.25, -0.2) is 0 Å². The number of nitrogens with zero attached hydrogens (tertiary/aromatic N) is 3. The van der Waals surface area contributed by atoms with Crippen molar-refractivity contribution in [1.29, 1.82) is 5.26 Å². The minimum absolute atomic E-state index is 0.668. The van der Waals surface area contributed by atoms with Crippen LogP contribution in [0.5, 0.6) is 0 Å². The summed E-state index contributed by atoms with van der Waals surface area (Å²) < 4.78 is 0. The second-order valence-corrected chi connectivity index (χ2v) is 4.57. The van der Waals surface area contributed by atoms with Crippen LogP contribution in [0.4, 0.5) is 0 Å². The van der Waals surface area contributed by atoms with Crippen molar-refractivity contribution in [1.82, 2.24) is 9.80 Å². The van der Waals surface area contributed by atoms with Crippen LogP contribution in [0.1, 0.15) is 13.8 Å². The summed E-state index contributed by atoms with van der Waals surface area (Å²) in [4.78, 5) is 4.44. The van der Waals surface area contributed by atoms with Crippen LogP contribution in [-0.4, -0.2) is 42.0 Å². The normalized spacial score (nSPS) is 33.8. The Bertz CT molecular complexity index is 217. The molecule has 0 aromatic rings. The maximum atomic E-state index is 8.76. The van der Waals surface area contributed by atoms with Gasteiger partial charge in [0.25, 0.3) is 0 Å². The SMILES string of the molecule is CC(C)N1C[C@H]2CN(C#N)C[C@H]2C1. The van der Waals surface area contributed by atoms with Crippen molar-refractivity contribution < 1.29 is 0 Å². The van der Waals surface area contributed by atoms with Gasteiger partial charge >= 0.3 is 0 Å². The zero-order valence-corrected chi connectivity index (χ0v) is 8.40. The molecule has 2 aliphatic rings. The molecule has 2 atom stereocenters. The van der Waals surface area contributed by atoms with Crippen LogP contribution >= 0.6 is 0 Å². The van der Waals surface area contributed by atoms with E-state index in [-0.39, 0.29) is 0 Å². The van der Waals surface area contributed by atoms with Gasteiger partial charge in [-0.3, -0.25) is 0 Å². The molecular formula is C10H17N3. The maximum Gasteiger partial charge on any atom is 0.179 e. The third-order valence-electron chi connectivity index (χ3n) is 3.39. The molecule has 3 nitrogen and oxygen atoms in total. The fourth-order valence-electron chi connectivity index (χ4n) is 2.53. The van der Waals surface area contributed by atoms with Gasteiger partial charge in [0.15, 0.2) is 6.19 Å². The van der Waals surface area contributed by atoms with Gasteiger partial charge in [-0.1, -0.05) is 0 Å². The highest BCUT2D eigenvalue weighted by Crippen LogP contribution is 2.31. The lowest BCUT2D eigenvalue weighted by molar-refractivity contribution is 0.242. The van der Waals surface area contributed by atoms with Crippen molar-refractivity contribution in [3.05, 3.63) is 0 Å². The van der Waals surface area contributed by atoms with E-state index in [2.05, 4.69) is 24.9 Å². The van der Waals surface area contributed by atoms with Crippen LogP contribution in [-0.2, 0) is 0 Å². The lowest BCUT2D eigenvalue weighted by Crippen LogP contribution is -2.31. The molecule has 0 aromatic carbocycles. The molecule has 2 rings (SSSR count). The molecule has 0 radical (unpaired) electrons. The van der Waals surface area contributed by atoms with E-state index in [1.165, 1.54) is 13.1 Å². The standard InChI is InChI=1S/C10H17N3/c1-8(2)13-5-9-3-12(7-11)4-10(9)6-13/h8-10H,3-6H2,1-2H3/t9-,10+. The van der Waals surface area contributed by atoms with E-state index >= 15 is 0 Å². The van der Waals surface area contributed by atoms with Crippen molar-refractivity contribution in [2.24, 2.45) is 11.8 Å². The number of nitriles is 1. The first kappa shape index (κ1) is 8.83. The van der Waals surface area contributed by atoms with Crippen LogP contribution in [0.15, 0.2) is 0 Å². The summed E-state index contributed by atoms with van der Waals surface area (Å²) in [5, 5.41) is 8.76. The van der Waals surface area contributed by atoms with Crippen molar-refractivity contribution >= 4 is 0 Å². The van der Waals surface area contributed by atoms with Crippen LogP contribution in [0.2, 0.25) is 0 Å². The highest BCUT2D eigenvalue weighted by molar-refractivity contribution is 4.97. The fourth-order valence-corrected chi connectivity index (χ4v) is 2.53. The van der Waals surface area contributed by atoms with E-state index in [0.717, 1.165) is 24.9 Å². The second-order valence-electron chi connectivity index (χ2n) is 4.57. The van der Waals surface area contributed by atoms with Gasteiger partial charge in [-0.05, 0) is 25.7 Å². The molecule has 72 valence electrons. The largest absolute Gasteiger partial charge is 0.310 e.